The first-order chi connectivity index (χ1) is 8.08. The Morgan fingerprint density at radius 3 is 2.82 bits per heavy atom. The Balaban J connectivity index is 1.50. The van der Waals surface area contributed by atoms with E-state index < -0.39 is 5.13 Å². The molecule has 0 spiro atoms. The van der Waals surface area contributed by atoms with Gasteiger partial charge in [0.05, 0.1) is 0 Å². The fourth-order valence-electron chi connectivity index (χ4n) is 1.88. The molecule has 2 rings (SSSR count). The smallest absolute Gasteiger partial charge is 0.257 e. The topological polar surface area (TPSA) is 32.3 Å². The van der Waals surface area contributed by atoms with Gasteiger partial charge in [-0.2, -0.15) is 0 Å². The molecule has 5 heteroatoms. The minimum Gasteiger partial charge on any atom is -0.285 e. The van der Waals surface area contributed by atoms with E-state index in [0.717, 1.165) is 38.8 Å². The monoisotopic (exact) mass is 260 g/mol. The van der Waals surface area contributed by atoms with Crippen LogP contribution in [0.2, 0.25) is 0 Å². The molecule has 1 aliphatic carbocycles. The van der Waals surface area contributed by atoms with Crippen LogP contribution >= 0.6 is 11.6 Å². The van der Waals surface area contributed by atoms with E-state index in [1.165, 1.54) is 0 Å². The molecule has 1 heterocycles. The van der Waals surface area contributed by atoms with Gasteiger partial charge in [0.2, 0.25) is 0 Å². The van der Waals surface area contributed by atoms with Crippen molar-refractivity contribution >= 4 is 17.5 Å². The number of hydrazine groups is 1. The summed E-state index contributed by atoms with van der Waals surface area (Å²) in [5.74, 6) is -0.0548. The van der Waals surface area contributed by atoms with Crippen LogP contribution in [0, 0.1) is 5.92 Å². The third kappa shape index (κ3) is 3.96. The Kier molecular flexibility index (Phi) is 4.05. The summed E-state index contributed by atoms with van der Waals surface area (Å²) in [6.45, 7) is 1.88. The molecule has 0 aromatic rings. The molecule has 1 N–H and O–H groups in total. The number of halogens is 2. The Bertz CT molecular complexity index is 316. The van der Waals surface area contributed by atoms with E-state index in [4.69, 9.17) is 11.6 Å². The van der Waals surface area contributed by atoms with E-state index in [2.05, 4.69) is 5.43 Å². The van der Waals surface area contributed by atoms with E-state index in [-0.39, 0.29) is 11.8 Å². The molecule has 2 aliphatic rings. The number of allylic oxidation sites excluding steroid dienone is 1. The fraction of sp³-hybridized carbons (Fsp3) is 0.750. The van der Waals surface area contributed by atoms with Crippen LogP contribution in [0.15, 0.2) is 12.2 Å². The van der Waals surface area contributed by atoms with Crippen LogP contribution < -0.4 is 5.43 Å². The molecule has 96 valence electrons. The van der Waals surface area contributed by atoms with Gasteiger partial charge in [-0.3, -0.25) is 10.2 Å². The Hall–Kier alpha value is -0.610. The van der Waals surface area contributed by atoms with Gasteiger partial charge in [-0.15, -0.1) is 0 Å². The number of nitrogens with zero attached hydrogens (tertiary/aromatic N) is 1. The van der Waals surface area contributed by atoms with Gasteiger partial charge in [-0.25, -0.2) is 9.40 Å². The Morgan fingerprint density at radius 1 is 1.59 bits per heavy atom. The molecule has 2 atom stereocenters. The number of amides is 1. The first-order valence-electron chi connectivity index (χ1n) is 6.18. The van der Waals surface area contributed by atoms with Crippen LogP contribution in [0.3, 0.4) is 0 Å². The molecular weight excluding hydrogens is 243 g/mol. The molecule has 1 aliphatic heterocycles. The number of nitrogens with one attached hydrogen (secondary N) is 1. The third-order valence-electron chi connectivity index (χ3n) is 3.27. The lowest BCUT2D eigenvalue weighted by Gasteiger charge is -2.30. The normalized spacial score (nSPS) is 32.5. The van der Waals surface area contributed by atoms with Crippen molar-refractivity contribution in [2.75, 3.05) is 13.1 Å². The quantitative estimate of drug-likeness (QED) is 0.452. The molecule has 0 radical (unpaired) electrons. The van der Waals surface area contributed by atoms with Gasteiger partial charge in [-0.1, -0.05) is 17.7 Å². The number of hydrogen-bond acceptors (Lipinski definition) is 2. The second kappa shape index (κ2) is 5.36. The van der Waals surface area contributed by atoms with Gasteiger partial charge in [0.25, 0.3) is 5.91 Å². The van der Waals surface area contributed by atoms with E-state index in [0.29, 0.717) is 6.42 Å². The average molecular weight is 261 g/mol. The largest absolute Gasteiger partial charge is 0.285 e. The second-order valence-corrected chi connectivity index (χ2v) is 5.44. The maximum atomic E-state index is 13.0. The molecule has 3 nitrogen and oxygen atoms in total. The minimum atomic E-state index is -1.43. The summed E-state index contributed by atoms with van der Waals surface area (Å²) in [6.07, 6.45) is 7.51. The summed E-state index contributed by atoms with van der Waals surface area (Å²) < 4.78 is 13.0. The standard InChI is InChI=1S/C12H18ClFN2O/c13-12(14)9-10(12)5-2-1-3-6-11(17)15-16-7-4-8-16/h3,6,10H,1-2,4-5,7-9H2,(H,15,17)/b6-3+. The summed E-state index contributed by atoms with van der Waals surface area (Å²) in [7, 11) is 0. The lowest BCUT2D eigenvalue weighted by atomic mass is 10.1. The summed E-state index contributed by atoms with van der Waals surface area (Å²) >= 11 is 5.50. The Labute approximate surface area is 106 Å². The van der Waals surface area contributed by atoms with Gasteiger partial charge in [0, 0.05) is 31.5 Å². The van der Waals surface area contributed by atoms with Crippen LogP contribution in [-0.4, -0.2) is 29.1 Å². The highest BCUT2D eigenvalue weighted by atomic mass is 35.5. The SMILES string of the molecule is O=C(/C=C/CCCC1CC1(F)Cl)NN1CCC1. The lowest BCUT2D eigenvalue weighted by Crippen LogP contribution is -2.49. The number of carbonyl (C=O) groups is 1. The number of carbonyl (C=O) groups excluding carboxylic acids is 1. The Morgan fingerprint density at radius 2 is 2.29 bits per heavy atom. The molecule has 0 aromatic carbocycles. The molecule has 17 heavy (non-hydrogen) atoms. The first kappa shape index (κ1) is 12.8. The van der Waals surface area contributed by atoms with Crippen LogP contribution in [0.1, 0.15) is 32.1 Å². The molecule has 0 bridgehead atoms. The van der Waals surface area contributed by atoms with Gasteiger partial charge < -0.3 is 0 Å². The highest BCUT2D eigenvalue weighted by Crippen LogP contribution is 2.53. The summed E-state index contributed by atoms with van der Waals surface area (Å²) in [5.41, 5.74) is 2.77. The van der Waals surface area contributed by atoms with E-state index in [9.17, 15) is 9.18 Å². The summed E-state index contributed by atoms with van der Waals surface area (Å²) in [6, 6.07) is 0. The number of rotatable bonds is 6. The van der Waals surface area contributed by atoms with Crippen molar-refractivity contribution in [2.24, 2.45) is 5.92 Å². The number of hydrogen-bond donors (Lipinski definition) is 1. The van der Waals surface area contributed by atoms with Crippen LogP contribution in [0.25, 0.3) is 0 Å². The maximum Gasteiger partial charge on any atom is 0.257 e. The zero-order valence-corrected chi connectivity index (χ0v) is 10.5. The maximum absolute atomic E-state index is 13.0. The average Bonchev–Trinajstić information content (AvgIpc) is 2.80. The van der Waals surface area contributed by atoms with Gasteiger partial charge >= 0.3 is 0 Å². The lowest BCUT2D eigenvalue weighted by molar-refractivity contribution is -0.122. The van der Waals surface area contributed by atoms with Crippen molar-refractivity contribution in [1.82, 2.24) is 10.4 Å². The summed E-state index contributed by atoms with van der Waals surface area (Å²) in [5, 5.41) is 0.459. The number of unbranched alkanes of at least 4 members (excludes halogenated alkanes) is 1. The predicted molar refractivity (Wildman–Crippen MR) is 65.1 cm³/mol. The molecule has 2 unspecified atom stereocenters. The molecule has 0 aromatic heterocycles. The van der Waals surface area contributed by atoms with Crippen LogP contribution in [0.4, 0.5) is 4.39 Å². The highest BCUT2D eigenvalue weighted by molar-refractivity contribution is 6.24. The van der Waals surface area contributed by atoms with Gasteiger partial charge in [0.15, 0.2) is 5.13 Å². The second-order valence-electron chi connectivity index (χ2n) is 4.81. The van der Waals surface area contributed by atoms with Gasteiger partial charge in [0.1, 0.15) is 0 Å². The van der Waals surface area contributed by atoms with Crippen molar-refractivity contribution in [3.05, 3.63) is 12.2 Å². The molecule has 1 saturated heterocycles. The van der Waals surface area contributed by atoms with Gasteiger partial charge in [-0.05, 0) is 25.7 Å². The fourth-order valence-corrected chi connectivity index (χ4v) is 2.17. The zero-order chi connectivity index (χ0) is 12.3. The van der Waals surface area contributed by atoms with Crippen molar-refractivity contribution in [3.63, 3.8) is 0 Å². The van der Waals surface area contributed by atoms with E-state index >= 15 is 0 Å². The highest BCUT2D eigenvalue weighted by Gasteiger charge is 2.53. The first-order valence-corrected chi connectivity index (χ1v) is 6.56. The van der Waals surface area contributed by atoms with Crippen molar-refractivity contribution < 1.29 is 9.18 Å². The third-order valence-corrected chi connectivity index (χ3v) is 3.74. The predicted octanol–water partition coefficient (Wildman–Crippen LogP) is 2.37. The summed E-state index contributed by atoms with van der Waals surface area (Å²) in [4.78, 5) is 11.3. The van der Waals surface area contributed by atoms with Crippen molar-refractivity contribution in [3.8, 4) is 0 Å². The van der Waals surface area contributed by atoms with Crippen molar-refractivity contribution in [2.45, 2.75) is 37.2 Å². The van der Waals surface area contributed by atoms with Crippen molar-refractivity contribution in [1.29, 1.82) is 0 Å². The zero-order valence-electron chi connectivity index (χ0n) is 9.79. The molecular formula is C12H18ClFN2O. The van der Waals surface area contributed by atoms with Crippen LogP contribution in [-0.2, 0) is 4.79 Å². The minimum absolute atomic E-state index is 0.0208. The van der Waals surface area contributed by atoms with E-state index in [1.807, 2.05) is 11.1 Å². The molecule has 1 saturated carbocycles. The van der Waals surface area contributed by atoms with Crippen LogP contribution in [0.5, 0.6) is 0 Å². The van der Waals surface area contributed by atoms with E-state index in [1.54, 1.807) is 6.08 Å². The number of alkyl halides is 2. The molecule has 1 amide bonds. The molecule has 2 fully saturated rings.